The molecule has 0 atom stereocenters. The van der Waals surface area contributed by atoms with E-state index in [2.05, 4.69) is 12.2 Å². The molecule has 0 fully saturated rings. The van der Waals surface area contributed by atoms with E-state index in [1.54, 1.807) is 0 Å². The van der Waals surface area contributed by atoms with Gasteiger partial charge in [0.15, 0.2) is 0 Å². The van der Waals surface area contributed by atoms with Crippen molar-refractivity contribution in [3.63, 3.8) is 0 Å². The molecular formula is C9H17NO4. The van der Waals surface area contributed by atoms with Crippen LogP contribution in [0.3, 0.4) is 0 Å². The molecule has 14 heavy (non-hydrogen) atoms. The number of hydrogen-bond acceptors (Lipinski definition) is 3. The van der Waals surface area contributed by atoms with Crippen LogP contribution in [0.1, 0.15) is 26.2 Å². The number of carbonyl (C=O) groups is 2. The van der Waals surface area contributed by atoms with Crippen molar-refractivity contribution in [1.29, 1.82) is 0 Å². The fourth-order valence-electron chi connectivity index (χ4n) is 0.800. The molecule has 5 heteroatoms. The fraction of sp³-hybridized carbons (Fsp3) is 0.778. The van der Waals surface area contributed by atoms with Gasteiger partial charge >= 0.3 is 11.9 Å². The number of carboxylic acid groups (broad SMARTS) is 1. The molecule has 0 aromatic heterocycles. The highest BCUT2D eigenvalue weighted by atomic mass is 16.5. The van der Waals surface area contributed by atoms with Crippen LogP contribution in [0.25, 0.3) is 0 Å². The average Bonchev–Trinajstić information content (AvgIpc) is 2.16. The van der Waals surface area contributed by atoms with E-state index in [1.165, 1.54) is 0 Å². The number of carboxylic acids is 1. The molecule has 0 aromatic rings. The second kappa shape index (κ2) is 8.50. The zero-order chi connectivity index (χ0) is 10.8. The summed E-state index contributed by atoms with van der Waals surface area (Å²) in [5, 5.41) is 10.5. The normalized spacial score (nSPS) is 9.79. The fourth-order valence-corrected chi connectivity index (χ4v) is 0.800. The summed E-state index contributed by atoms with van der Waals surface area (Å²) in [6.07, 6.45) is 2.76. The lowest BCUT2D eigenvalue weighted by Gasteiger charge is -2.03. The molecular weight excluding hydrogens is 186 g/mol. The number of nitrogens with one attached hydrogen (secondary N) is 1. The van der Waals surface area contributed by atoms with Crippen LogP contribution in [0.5, 0.6) is 0 Å². The highest BCUT2D eigenvalue weighted by Gasteiger charge is 2.08. The lowest BCUT2D eigenvalue weighted by molar-refractivity contribution is -0.150. The van der Waals surface area contributed by atoms with Crippen LogP contribution in [0.2, 0.25) is 0 Å². The molecule has 0 aliphatic carbocycles. The van der Waals surface area contributed by atoms with E-state index in [0.29, 0.717) is 19.6 Å². The van der Waals surface area contributed by atoms with Gasteiger partial charge in [0.05, 0.1) is 0 Å². The van der Waals surface area contributed by atoms with Gasteiger partial charge in [0.1, 0.15) is 0 Å². The Hall–Kier alpha value is -1.10. The highest BCUT2D eigenvalue weighted by Crippen LogP contribution is 1.88. The average molecular weight is 203 g/mol. The van der Waals surface area contributed by atoms with Crippen LogP contribution in [0, 0.1) is 0 Å². The summed E-state index contributed by atoms with van der Waals surface area (Å²) in [5.41, 5.74) is 0. The van der Waals surface area contributed by atoms with Crippen molar-refractivity contribution in [3.05, 3.63) is 0 Å². The molecule has 0 aliphatic heterocycles. The van der Waals surface area contributed by atoms with Crippen LogP contribution in [0.15, 0.2) is 0 Å². The van der Waals surface area contributed by atoms with Gasteiger partial charge in [-0.05, 0) is 12.8 Å². The molecule has 0 unspecified atom stereocenters. The molecule has 1 amide bonds. The molecule has 0 spiro atoms. The van der Waals surface area contributed by atoms with Gasteiger partial charge in [0.2, 0.25) is 0 Å². The number of carbonyl (C=O) groups excluding carboxylic acids is 1. The second-order valence-electron chi connectivity index (χ2n) is 2.88. The molecule has 0 radical (unpaired) electrons. The summed E-state index contributed by atoms with van der Waals surface area (Å²) in [7, 11) is 0. The first-order chi connectivity index (χ1) is 6.68. The SMILES string of the molecule is CCCCOCCCNC(=O)C(=O)O. The van der Waals surface area contributed by atoms with Crippen molar-refractivity contribution >= 4 is 11.9 Å². The number of rotatable bonds is 7. The maximum atomic E-state index is 10.5. The third-order valence-electron chi connectivity index (χ3n) is 1.59. The maximum absolute atomic E-state index is 10.5. The third kappa shape index (κ3) is 7.54. The first kappa shape index (κ1) is 12.9. The van der Waals surface area contributed by atoms with Gasteiger partial charge < -0.3 is 15.2 Å². The Morgan fingerprint density at radius 1 is 1.29 bits per heavy atom. The first-order valence-electron chi connectivity index (χ1n) is 4.77. The molecule has 2 N–H and O–H groups in total. The molecule has 0 saturated carbocycles. The van der Waals surface area contributed by atoms with Crippen LogP contribution < -0.4 is 5.32 Å². The Morgan fingerprint density at radius 3 is 2.50 bits per heavy atom. The Kier molecular flexibility index (Phi) is 7.83. The topological polar surface area (TPSA) is 75.6 Å². The lowest BCUT2D eigenvalue weighted by atomic mass is 10.3. The molecule has 0 heterocycles. The second-order valence-corrected chi connectivity index (χ2v) is 2.88. The predicted octanol–water partition coefficient (Wildman–Crippen LogP) is 0.394. The van der Waals surface area contributed by atoms with Gasteiger partial charge in [-0.15, -0.1) is 0 Å². The van der Waals surface area contributed by atoms with Crippen LogP contribution in [-0.4, -0.2) is 36.7 Å². The summed E-state index contributed by atoms with van der Waals surface area (Å²) >= 11 is 0. The first-order valence-corrected chi connectivity index (χ1v) is 4.77. The summed E-state index contributed by atoms with van der Waals surface area (Å²) < 4.78 is 5.22. The van der Waals surface area contributed by atoms with E-state index in [9.17, 15) is 9.59 Å². The molecule has 82 valence electrons. The summed E-state index contributed by atoms with van der Waals surface area (Å²) in [6.45, 7) is 3.71. The monoisotopic (exact) mass is 203 g/mol. The van der Waals surface area contributed by atoms with E-state index < -0.39 is 11.9 Å². The van der Waals surface area contributed by atoms with Crippen LogP contribution >= 0.6 is 0 Å². The number of hydrogen-bond donors (Lipinski definition) is 2. The molecule has 5 nitrogen and oxygen atoms in total. The van der Waals surface area contributed by atoms with Crippen molar-refractivity contribution in [1.82, 2.24) is 5.32 Å². The predicted molar refractivity (Wildman–Crippen MR) is 51.0 cm³/mol. The zero-order valence-electron chi connectivity index (χ0n) is 8.41. The summed E-state index contributed by atoms with van der Waals surface area (Å²) in [4.78, 5) is 20.6. The van der Waals surface area contributed by atoms with E-state index in [-0.39, 0.29) is 0 Å². The third-order valence-corrected chi connectivity index (χ3v) is 1.59. The van der Waals surface area contributed by atoms with Gasteiger partial charge in [-0.2, -0.15) is 0 Å². The van der Waals surface area contributed by atoms with Gasteiger partial charge in [-0.1, -0.05) is 13.3 Å². The largest absolute Gasteiger partial charge is 0.474 e. The van der Waals surface area contributed by atoms with E-state index in [0.717, 1.165) is 19.4 Å². The van der Waals surface area contributed by atoms with Crippen molar-refractivity contribution in [3.8, 4) is 0 Å². The number of aliphatic carboxylic acids is 1. The standard InChI is InChI=1S/C9H17NO4/c1-2-3-6-14-7-4-5-10-8(11)9(12)13/h2-7H2,1H3,(H,10,11)(H,12,13). The van der Waals surface area contributed by atoms with E-state index >= 15 is 0 Å². The summed E-state index contributed by atoms with van der Waals surface area (Å²) in [5.74, 6) is -2.41. The Labute approximate surface area is 83.4 Å². The molecule has 0 rings (SSSR count). The minimum absolute atomic E-state index is 0.345. The molecule has 0 aliphatic rings. The molecule has 0 saturated heterocycles. The van der Waals surface area contributed by atoms with Crippen LogP contribution in [0.4, 0.5) is 0 Å². The minimum Gasteiger partial charge on any atom is -0.474 e. The highest BCUT2D eigenvalue weighted by molar-refractivity contribution is 6.31. The Morgan fingerprint density at radius 2 is 1.93 bits per heavy atom. The Bertz CT molecular complexity index is 182. The lowest BCUT2D eigenvalue weighted by Crippen LogP contribution is -2.31. The van der Waals surface area contributed by atoms with Gasteiger partial charge in [0, 0.05) is 19.8 Å². The van der Waals surface area contributed by atoms with Gasteiger partial charge in [-0.25, -0.2) is 4.79 Å². The van der Waals surface area contributed by atoms with Crippen LogP contribution in [-0.2, 0) is 14.3 Å². The summed E-state index contributed by atoms with van der Waals surface area (Å²) in [6, 6.07) is 0. The van der Waals surface area contributed by atoms with E-state index in [1.807, 2.05) is 0 Å². The number of amides is 1. The smallest absolute Gasteiger partial charge is 0.394 e. The number of unbranched alkanes of at least 4 members (excludes halogenated alkanes) is 1. The quantitative estimate of drug-likeness (QED) is 0.463. The zero-order valence-corrected chi connectivity index (χ0v) is 8.41. The van der Waals surface area contributed by atoms with Gasteiger partial charge in [0.25, 0.3) is 0 Å². The molecule has 0 aromatic carbocycles. The Balaban J connectivity index is 3.13. The number of ether oxygens (including phenoxy) is 1. The minimum atomic E-state index is -1.45. The molecule has 0 bridgehead atoms. The van der Waals surface area contributed by atoms with Crippen molar-refractivity contribution in [2.75, 3.05) is 19.8 Å². The maximum Gasteiger partial charge on any atom is 0.394 e. The van der Waals surface area contributed by atoms with Crippen molar-refractivity contribution < 1.29 is 19.4 Å². The van der Waals surface area contributed by atoms with Gasteiger partial charge in [-0.3, -0.25) is 4.79 Å². The van der Waals surface area contributed by atoms with Crippen molar-refractivity contribution in [2.45, 2.75) is 26.2 Å². The van der Waals surface area contributed by atoms with Crippen molar-refractivity contribution in [2.24, 2.45) is 0 Å². The van der Waals surface area contributed by atoms with E-state index in [4.69, 9.17) is 9.84 Å².